The summed E-state index contributed by atoms with van der Waals surface area (Å²) in [5.41, 5.74) is 7.42. The molecule has 0 unspecified atom stereocenters. The first-order valence-electron chi connectivity index (χ1n) is 13.0. The molecule has 0 spiro atoms. The molecule has 216 valence electrons. The van der Waals surface area contributed by atoms with Gasteiger partial charge in [0.15, 0.2) is 5.54 Å². The fourth-order valence-electron chi connectivity index (χ4n) is 4.78. The fourth-order valence-corrected chi connectivity index (χ4v) is 5.22. The highest BCUT2D eigenvalue weighted by Gasteiger charge is 2.67. The number of hydrazine groups is 2. The van der Waals surface area contributed by atoms with Crippen molar-refractivity contribution in [2.24, 2.45) is 5.41 Å². The van der Waals surface area contributed by atoms with Crippen molar-refractivity contribution in [3.63, 3.8) is 0 Å². The van der Waals surface area contributed by atoms with Crippen LogP contribution < -0.4 is 21.6 Å². The normalized spacial score (nSPS) is 17.1. The van der Waals surface area contributed by atoms with Crippen molar-refractivity contribution < 1.29 is 13.2 Å². The average Bonchev–Trinajstić information content (AvgIpc) is 3.58. The lowest BCUT2D eigenvalue weighted by molar-refractivity contribution is -0.195. The van der Waals surface area contributed by atoms with Gasteiger partial charge in [-0.25, -0.2) is 4.98 Å². The molecule has 41 heavy (non-hydrogen) atoms. The largest absolute Gasteiger partial charge is 0.413 e. The monoisotopic (exact) mass is 604 g/mol. The molecular weight excluding hydrogens is 576 g/mol. The number of aromatic nitrogens is 2. The number of hydrogen-bond acceptors (Lipinski definition) is 8. The van der Waals surface area contributed by atoms with Crippen LogP contribution in [0.2, 0.25) is 10.2 Å². The summed E-state index contributed by atoms with van der Waals surface area (Å²) in [5.74, 6) is 0. The number of nitrogens with one attached hydrogen (secondary N) is 4. The Hall–Kier alpha value is -3.46. The summed E-state index contributed by atoms with van der Waals surface area (Å²) in [4.78, 5) is 8.54. The number of alkyl halides is 3. The van der Waals surface area contributed by atoms with Gasteiger partial charge in [-0.05, 0) is 54.5 Å². The van der Waals surface area contributed by atoms with E-state index < -0.39 is 17.8 Å². The highest BCUT2D eigenvalue weighted by molar-refractivity contribution is 6.36. The molecule has 0 bridgehead atoms. The maximum Gasteiger partial charge on any atom is 0.413 e. The molecule has 3 heterocycles. The Labute approximate surface area is 245 Å². The summed E-state index contributed by atoms with van der Waals surface area (Å²) >= 11 is 13.0. The van der Waals surface area contributed by atoms with Crippen molar-refractivity contribution in [3.05, 3.63) is 69.4 Å². The number of halogens is 5. The average molecular weight is 605 g/mol. The van der Waals surface area contributed by atoms with E-state index in [1.807, 2.05) is 6.07 Å². The van der Waals surface area contributed by atoms with Gasteiger partial charge in [0.05, 0.1) is 33.5 Å². The van der Waals surface area contributed by atoms with Crippen molar-refractivity contribution in [2.45, 2.75) is 58.3 Å². The van der Waals surface area contributed by atoms with Crippen molar-refractivity contribution >= 4 is 45.5 Å². The second kappa shape index (κ2) is 10.4. The maximum absolute atomic E-state index is 13.9. The molecule has 1 atom stereocenters. The van der Waals surface area contributed by atoms with Crippen LogP contribution in [0.1, 0.15) is 56.3 Å². The third-order valence-corrected chi connectivity index (χ3v) is 7.93. The van der Waals surface area contributed by atoms with E-state index in [1.165, 1.54) is 12.4 Å². The molecule has 1 aromatic carbocycles. The molecule has 1 saturated carbocycles. The standard InChI is InChI=1S/C28H29Cl2F3N8/c1-15-18(5-8-35-25(15)30)24(21-13-41(40-39-21)27(6-7-27)28(31,32)33)38-17-9-19-22(37-14-26(2,3)4)16(11-34)12-36-23(19)20(29)10-17/h5,8-10,12-13,24,38-40H,6-7,14H2,1-4H3,(H,36,37)/t24-/m0/s1. The first kappa shape index (κ1) is 29.0. The number of hydrogen-bond donors (Lipinski definition) is 4. The van der Waals surface area contributed by atoms with E-state index in [4.69, 9.17) is 23.2 Å². The topological polar surface area (TPSA) is 101 Å². The number of nitriles is 1. The van der Waals surface area contributed by atoms with Crippen LogP contribution in [0.4, 0.5) is 24.5 Å². The number of benzene rings is 1. The molecule has 0 saturated heterocycles. The zero-order valence-electron chi connectivity index (χ0n) is 22.8. The molecule has 8 nitrogen and oxygen atoms in total. The minimum atomic E-state index is -4.40. The zero-order chi connectivity index (χ0) is 29.7. The third kappa shape index (κ3) is 5.56. The predicted octanol–water partition coefficient (Wildman–Crippen LogP) is 6.99. The fraction of sp³-hybridized carbons (Fsp3) is 0.393. The van der Waals surface area contributed by atoms with Gasteiger partial charge in [-0.2, -0.15) is 18.4 Å². The second-order valence-corrected chi connectivity index (χ2v) is 12.3. The molecular formula is C28H29Cl2F3N8. The van der Waals surface area contributed by atoms with E-state index >= 15 is 0 Å². The van der Waals surface area contributed by atoms with Gasteiger partial charge in [0.1, 0.15) is 11.2 Å². The van der Waals surface area contributed by atoms with Crippen LogP contribution in [0.5, 0.6) is 0 Å². The van der Waals surface area contributed by atoms with Gasteiger partial charge in [-0.15, -0.1) is 5.53 Å². The summed E-state index contributed by atoms with van der Waals surface area (Å²) in [6.07, 6.45) is 0.0426. The van der Waals surface area contributed by atoms with Gasteiger partial charge >= 0.3 is 6.18 Å². The number of rotatable bonds is 7. The predicted molar refractivity (Wildman–Crippen MR) is 154 cm³/mol. The maximum atomic E-state index is 13.9. The van der Waals surface area contributed by atoms with Crippen LogP contribution in [0.25, 0.3) is 10.9 Å². The van der Waals surface area contributed by atoms with E-state index in [9.17, 15) is 18.4 Å². The Balaban J connectivity index is 1.59. The number of pyridine rings is 2. The smallest absolute Gasteiger partial charge is 0.383 e. The Bertz CT molecular complexity index is 1570. The lowest BCUT2D eigenvalue weighted by Gasteiger charge is -2.28. The Kier molecular flexibility index (Phi) is 7.39. The Morgan fingerprint density at radius 2 is 1.93 bits per heavy atom. The van der Waals surface area contributed by atoms with Crippen molar-refractivity contribution in [2.75, 3.05) is 17.2 Å². The molecule has 5 rings (SSSR count). The van der Waals surface area contributed by atoms with Crippen LogP contribution in [0, 0.1) is 23.7 Å². The van der Waals surface area contributed by atoms with Crippen molar-refractivity contribution in [3.8, 4) is 6.07 Å². The lowest BCUT2D eigenvalue weighted by atomic mass is 9.96. The summed E-state index contributed by atoms with van der Waals surface area (Å²) in [5, 5.41) is 18.9. The van der Waals surface area contributed by atoms with Gasteiger partial charge in [0.2, 0.25) is 0 Å². The van der Waals surface area contributed by atoms with E-state index in [2.05, 4.69) is 58.4 Å². The van der Waals surface area contributed by atoms with Crippen molar-refractivity contribution in [1.82, 2.24) is 25.9 Å². The molecule has 0 radical (unpaired) electrons. The minimum Gasteiger partial charge on any atom is -0.383 e. The van der Waals surface area contributed by atoms with Gasteiger partial charge in [-0.1, -0.05) is 44.0 Å². The van der Waals surface area contributed by atoms with Crippen LogP contribution >= 0.6 is 23.2 Å². The molecule has 1 aliphatic heterocycles. The molecule has 3 aromatic rings. The van der Waals surface area contributed by atoms with Crippen LogP contribution in [-0.4, -0.2) is 33.2 Å². The molecule has 4 N–H and O–H groups in total. The van der Waals surface area contributed by atoms with Crippen LogP contribution in [-0.2, 0) is 0 Å². The Morgan fingerprint density at radius 3 is 2.56 bits per heavy atom. The first-order valence-corrected chi connectivity index (χ1v) is 13.7. The van der Waals surface area contributed by atoms with E-state index in [0.717, 1.165) is 5.01 Å². The zero-order valence-corrected chi connectivity index (χ0v) is 24.4. The molecule has 2 aromatic heterocycles. The van der Waals surface area contributed by atoms with E-state index in [1.54, 1.807) is 25.3 Å². The summed E-state index contributed by atoms with van der Waals surface area (Å²) in [6.45, 7) is 8.61. The van der Waals surface area contributed by atoms with Gasteiger partial charge in [0.25, 0.3) is 0 Å². The molecule has 1 fully saturated rings. The highest BCUT2D eigenvalue weighted by Crippen LogP contribution is 2.54. The summed E-state index contributed by atoms with van der Waals surface area (Å²) in [6, 6.07) is 6.80. The van der Waals surface area contributed by atoms with Crippen LogP contribution in [0.3, 0.4) is 0 Å². The third-order valence-electron chi connectivity index (χ3n) is 7.26. The van der Waals surface area contributed by atoms with Gasteiger partial charge in [-0.3, -0.25) is 9.99 Å². The van der Waals surface area contributed by atoms with Crippen molar-refractivity contribution in [1.29, 1.82) is 5.26 Å². The highest BCUT2D eigenvalue weighted by atomic mass is 35.5. The van der Waals surface area contributed by atoms with Gasteiger partial charge < -0.3 is 16.1 Å². The van der Waals surface area contributed by atoms with Gasteiger partial charge in [0, 0.05) is 36.2 Å². The molecule has 0 amide bonds. The number of fused-ring (bicyclic) bond motifs is 1. The number of nitrogens with zero attached hydrogens (tertiary/aromatic N) is 4. The SMILES string of the molecule is Cc1c([C@H](Nc2cc(Cl)c3ncc(C#N)c(NCC(C)(C)C)c3c2)C2=CN(C3(C(F)(F)F)CC3)NN2)ccnc1Cl. The van der Waals surface area contributed by atoms with Crippen LogP contribution in [0.15, 0.2) is 42.5 Å². The Morgan fingerprint density at radius 1 is 1.20 bits per heavy atom. The minimum absolute atomic E-state index is 0.00792. The van der Waals surface area contributed by atoms with E-state index in [-0.39, 0.29) is 23.4 Å². The first-order chi connectivity index (χ1) is 19.2. The summed E-state index contributed by atoms with van der Waals surface area (Å²) in [7, 11) is 0. The molecule has 1 aliphatic carbocycles. The van der Waals surface area contributed by atoms with E-state index in [0.29, 0.717) is 56.2 Å². The summed E-state index contributed by atoms with van der Waals surface area (Å²) < 4.78 is 41.6. The quantitative estimate of drug-likeness (QED) is 0.214. The second-order valence-electron chi connectivity index (χ2n) is 11.5. The number of anilines is 2. The molecule has 13 heteroatoms. The molecule has 2 aliphatic rings. The lowest BCUT2D eigenvalue weighted by Crippen LogP contribution is -2.52.